The number of carbonyl (C=O) groups is 1. The first-order valence-electron chi connectivity index (χ1n) is 10.4. The van der Waals surface area contributed by atoms with Crippen molar-refractivity contribution < 1.29 is 27.1 Å². The number of carbonyl (C=O) groups excluding carboxylic acids is 1. The third-order valence-corrected chi connectivity index (χ3v) is 8.34. The predicted molar refractivity (Wildman–Crippen MR) is 122 cm³/mol. The Balaban J connectivity index is 1.29. The Morgan fingerprint density at radius 3 is 2.42 bits per heavy atom. The summed E-state index contributed by atoms with van der Waals surface area (Å²) < 4.78 is 50.5. The second kappa shape index (κ2) is 9.98. The number of nitrogens with zero attached hydrogens (tertiary/aromatic N) is 2. The molecule has 2 aromatic carbocycles. The molecule has 2 heterocycles. The summed E-state index contributed by atoms with van der Waals surface area (Å²) in [7, 11) is -2.10. The molecule has 1 aromatic heterocycles. The van der Waals surface area contributed by atoms with Gasteiger partial charge in [-0.2, -0.15) is 4.31 Å². The topological polar surface area (TPSA) is 85.8 Å². The Hall–Kier alpha value is -2.82. The van der Waals surface area contributed by atoms with E-state index >= 15 is 0 Å². The second-order valence-electron chi connectivity index (χ2n) is 7.61. The molecule has 1 saturated heterocycles. The van der Waals surface area contributed by atoms with Gasteiger partial charge in [0.1, 0.15) is 23.2 Å². The molecule has 0 aliphatic carbocycles. The molecule has 7 nitrogen and oxygen atoms in total. The summed E-state index contributed by atoms with van der Waals surface area (Å²) in [5, 5.41) is 2.67. The van der Waals surface area contributed by atoms with Gasteiger partial charge in [0.25, 0.3) is 0 Å². The number of thiazole rings is 1. The van der Waals surface area contributed by atoms with E-state index in [1.807, 2.05) is 29.6 Å². The molecule has 0 radical (unpaired) electrons. The fraction of sp³-hybridized carbons (Fsp3) is 0.304. The van der Waals surface area contributed by atoms with Crippen molar-refractivity contribution in [3.05, 3.63) is 65.4 Å². The lowest BCUT2D eigenvalue weighted by Gasteiger charge is -2.30. The minimum Gasteiger partial charge on any atom is -0.497 e. The van der Waals surface area contributed by atoms with Crippen LogP contribution in [0.4, 0.5) is 4.39 Å². The van der Waals surface area contributed by atoms with Crippen molar-refractivity contribution in [1.82, 2.24) is 9.29 Å². The molecular weight excluding hydrogens is 467 g/mol. The fourth-order valence-corrected chi connectivity index (χ4v) is 5.87. The van der Waals surface area contributed by atoms with Crippen LogP contribution in [-0.4, -0.2) is 43.9 Å². The van der Waals surface area contributed by atoms with Crippen LogP contribution < -0.4 is 4.74 Å². The minimum atomic E-state index is -3.71. The van der Waals surface area contributed by atoms with E-state index in [2.05, 4.69) is 4.98 Å². The highest BCUT2D eigenvalue weighted by Gasteiger charge is 2.32. The van der Waals surface area contributed by atoms with Crippen molar-refractivity contribution in [3.63, 3.8) is 0 Å². The highest BCUT2D eigenvalue weighted by Crippen LogP contribution is 2.27. The Labute approximate surface area is 195 Å². The van der Waals surface area contributed by atoms with Crippen molar-refractivity contribution in [2.75, 3.05) is 20.2 Å². The summed E-state index contributed by atoms with van der Waals surface area (Å²) in [4.78, 5) is 17.1. The van der Waals surface area contributed by atoms with Crippen molar-refractivity contribution >= 4 is 27.3 Å². The Morgan fingerprint density at radius 2 is 1.79 bits per heavy atom. The van der Waals surface area contributed by atoms with Gasteiger partial charge in [0.05, 0.1) is 23.6 Å². The number of ether oxygens (including phenoxy) is 2. The normalized spacial score (nSPS) is 15.3. The van der Waals surface area contributed by atoms with E-state index in [1.165, 1.54) is 27.8 Å². The number of piperidine rings is 1. The summed E-state index contributed by atoms with van der Waals surface area (Å²) in [6.07, 6.45) is 0.737. The standard InChI is InChI=1S/C23H23FN2O5S2/c1-30-20-6-2-16(3-7-20)22-25-19(15-32-22)14-31-23(27)17-10-12-26(13-11-17)33(28,29)21-8-4-18(24)5-9-21/h2-9,15,17H,10-14H2,1H3. The van der Waals surface area contributed by atoms with E-state index in [0.717, 1.165) is 28.5 Å². The van der Waals surface area contributed by atoms with Crippen LogP contribution in [0.1, 0.15) is 18.5 Å². The largest absolute Gasteiger partial charge is 0.497 e. The third kappa shape index (κ3) is 5.40. The lowest BCUT2D eigenvalue weighted by atomic mass is 9.98. The number of halogens is 1. The molecule has 0 saturated carbocycles. The maximum atomic E-state index is 13.1. The Kier molecular flexibility index (Phi) is 7.06. The van der Waals surface area contributed by atoms with Crippen molar-refractivity contribution in [3.8, 4) is 16.3 Å². The van der Waals surface area contributed by atoms with Gasteiger partial charge in [-0.1, -0.05) is 0 Å². The molecule has 1 fully saturated rings. The Bertz CT molecular complexity index is 1200. The summed E-state index contributed by atoms with van der Waals surface area (Å²) in [5.41, 5.74) is 1.61. The van der Waals surface area contributed by atoms with Gasteiger partial charge in [-0.25, -0.2) is 17.8 Å². The number of methoxy groups -OCH3 is 1. The summed E-state index contributed by atoms with van der Waals surface area (Å²) in [5.74, 6) is -0.454. The van der Waals surface area contributed by atoms with Crippen LogP contribution >= 0.6 is 11.3 Å². The second-order valence-corrected chi connectivity index (χ2v) is 10.4. The van der Waals surface area contributed by atoms with E-state index in [4.69, 9.17) is 9.47 Å². The molecule has 0 N–H and O–H groups in total. The maximum absolute atomic E-state index is 13.1. The van der Waals surface area contributed by atoms with Gasteiger partial charge in [-0.05, 0) is 61.4 Å². The van der Waals surface area contributed by atoms with Crippen LogP contribution in [0.25, 0.3) is 10.6 Å². The zero-order valence-electron chi connectivity index (χ0n) is 17.9. The Morgan fingerprint density at radius 1 is 1.12 bits per heavy atom. The van der Waals surface area contributed by atoms with Crippen LogP contribution in [0.5, 0.6) is 5.75 Å². The molecule has 0 amide bonds. The first kappa shape index (κ1) is 23.3. The molecule has 33 heavy (non-hydrogen) atoms. The number of sulfonamides is 1. The number of aromatic nitrogens is 1. The van der Waals surface area contributed by atoms with Crippen molar-refractivity contribution in [1.29, 1.82) is 0 Å². The lowest BCUT2D eigenvalue weighted by Crippen LogP contribution is -2.40. The van der Waals surface area contributed by atoms with Gasteiger partial charge in [0, 0.05) is 24.0 Å². The van der Waals surface area contributed by atoms with Crippen LogP contribution in [0.2, 0.25) is 0 Å². The smallest absolute Gasteiger partial charge is 0.309 e. The maximum Gasteiger partial charge on any atom is 0.309 e. The monoisotopic (exact) mass is 490 g/mol. The molecule has 0 spiro atoms. The first-order chi connectivity index (χ1) is 15.9. The van der Waals surface area contributed by atoms with Crippen LogP contribution in [-0.2, 0) is 26.2 Å². The highest BCUT2D eigenvalue weighted by atomic mass is 32.2. The van der Waals surface area contributed by atoms with E-state index in [0.29, 0.717) is 18.5 Å². The van der Waals surface area contributed by atoms with E-state index in [-0.39, 0.29) is 36.5 Å². The van der Waals surface area contributed by atoms with Crippen LogP contribution in [0.3, 0.4) is 0 Å². The fourth-order valence-electron chi connectivity index (χ4n) is 3.59. The minimum absolute atomic E-state index is 0.0427. The van der Waals surface area contributed by atoms with Crippen molar-refractivity contribution in [2.45, 2.75) is 24.3 Å². The lowest BCUT2D eigenvalue weighted by molar-refractivity contribution is -0.151. The zero-order valence-corrected chi connectivity index (χ0v) is 19.6. The zero-order chi connectivity index (χ0) is 23.4. The van der Waals surface area contributed by atoms with E-state index in [1.54, 1.807) is 7.11 Å². The molecule has 1 aliphatic heterocycles. The quantitative estimate of drug-likeness (QED) is 0.464. The number of benzene rings is 2. The first-order valence-corrected chi connectivity index (χ1v) is 12.7. The molecule has 174 valence electrons. The predicted octanol–water partition coefficient (Wildman–Crippen LogP) is 4.10. The average Bonchev–Trinajstić information content (AvgIpc) is 3.32. The summed E-state index contributed by atoms with van der Waals surface area (Å²) in [6.45, 7) is 0.481. The van der Waals surface area contributed by atoms with Crippen molar-refractivity contribution in [2.24, 2.45) is 5.92 Å². The number of rotatable bonds is 7. The summed E-state index contributed by atoms with van der Waals surface area (Å²) >= 11 is 1.47. The van der Waals surface area contributed by atoms with Gasteiger partial charge >= 0.3 is 5.97 Å². The van der Waals surface area contributed by atoms with Gasteiger partial charge in [0.15, 0.2) is 0 Å². The molecule has 4 rings (SSSR count). The third-order valence-electron chi connectivity index (χ3n) is 5.49. The average molecular weight is 491 g/mol. The van der Waals surface area contributed by atoms with E-state index < -0.39 is 15.8 Å². The van der Waals surface area contributed by atoms with Gasteiger partial charge in [-0.3, -0.25) is 4.79 Å². The van der Waals surface area contributed by atoms with Gasteiger partial charge in [0.2, 0.25) is 10.0 Å². The molecule has 3 aromatic rings. The molecule has 1 aliphatic rings. The molecule has 0 bridgehead atoms. The van der Waals surface area contributed by atoms with Crippen LogP contribution in [0, 0.1) is 11.7 Å². The molecule has 0 atom stereocenters. The molecular formula is C23H23FN2O5S2. The number of hydrogen-bond donors (Lipinski definition) is 0. The number of hydrogen-bond acceptors (Lipinski definition) is 7. The van der Waals surface area contributed by atoms with Gasteiger partial charge < -0.3 is 9.47 Å². The van der Waals surface area contributed by atoms with E-state index in [9.17, 15) is 17.6 Å². The summed E-state index contributed by atoms with van der Waals surface area (Å²) in [6, 6.07) is 12.3. The SMILES string of the molecule is COc1ccc(-c2nc(COC(=O)C3CCN(S(=O)(=O)c4ccc(F)cc4)CC3)cs2)cc1. The highest BCUT2D eigenvalue weighted by molar-refractivity contribution is 7.89. The number of esters is 1. The van der Waals surface area contributed by atoms with Gasteiger partial charge in [-0.15, -0.1) is 11.3 Å². The molecule has 10 heteroatoms. The van der Waals surface area contributed by atoms with Crippen LogP contribution in [0.15, 0.2) is 58.8 Å². The molecule has 0 unspecified atom stereocenters.